The molecule has 2 aliphatic rings. The highest BCUT2D eigenvalue weighted by molar-refractivity contribution is 5.80. The first-order valence-corrected chi connectivity index (χ1v) is 11.3. The highest BCUT2D eigenvalue weighted by atomic mass is 16.5. The molecule has 0 radical (unpaired) electrons. The van der Waals surface area contributed by atoms with Gasteiger partial charge in [0.2, 0.25) is 0 Å². The molecule has 4 heterocycles. The van der Waals surface area contributed by atoms with Crippen molar-refractivity contribution in [2.24, 2.45) is 0 Å². The normalized spacial score (nSPS) is 22.0. The van der Waals surface area contributed by atoms with E-state index in [0.29, 0.717) is 5.88 Å². The number of nitrogens with zero attached hydrogens (tertiary/aromatic N) is 5. The third kappa shape index (κ3) is 4.28. The van der Waals surface area contributed by atoms with Crippen LogP contribution in [0.3, 0.4) is 0 Å². The third-order valence-electron chi connectivity index (χ3n) is 6.32. The molecule has 31 heavy (non-hydrogen) atoms. The SMILES string of the molecule is OC[C@H]1CCCCN1c1nccnc1OC1CCCN(c2ccc3ccccc3n2)C1. The zero-order chi connectivity index (χ0) is 21.0. The summed E-state index contributed by atoms with van der Waals surface area (Å²) in [6.07, 6.45) is 8.62. The Morgan fingerprint density at radius 2 is 1.87 bits per heavy atom. The van der Waals surface area contributed by atoms with Crippen LogP contribution < -0.4 is 14.5 Å². The molecule has 2 saturated heterocycles. The predicted molar refractivity (Wildman–Crippen MR) is 122 cm³/mol. The van der Waals surface area contributed by atoms with Gasteiger partial charge in [0, 0.05) is 30.9 Å². The van der Waals surface area contributed by atoms with Crippen molar-refractivity contribution >= 4 is 22.5 Å². The van der Waals surface area contributed by atoms with Gasteiger partial charge in [0.15, 0.2) is 5.82 Å². The van der Waals surface area contributed by atoms with Gasteiger partial charge in [-0.15, -0.1) is 0 Å². The number of rotatable bonds is 5. The van der Waals surface area contributed by atoms with E-state index in [1.54, 1.807) is 12.4 Å². The van der Waals surface area contributed by atoms with Crippen molar-refractivity contribution in [1.29, 1.82) is 0 Å². The molecule has 2 aromatic heterocycles. The van der Waals surface area contributed by atoms with Gasteiger partial charge in [0.05, 0.1) is 24.7 Å². The lowest BCUT2D eigenvalue weighted by molar-refractivity contribution is 0.170. The second kappa shape index (κ2) is 9.06. The van der Waals surface area contributed by atoms with Gasteiger partial charge in [0.25, 0.3) is 5.88 Å². The van der Waals surface area contributed by atoms with Crippen molar-refractivity contribution in [3.8, 4) is 5.88 Å². The summed E-state index contributed by atoms with van der Waals surface area (Å²) in [7, 11) is 0. The molecule has 0 saturated carbocycles. The van der Waals surface area contributed by atoms with Crippen molar-refractivity contribution in [3.05, 3.63) is 48.8 Å². The number of aliphatic hydroxyl groups is 1. The van der Waals surface area contributed by atoms with Crippen LogP contribution >= 0.6 is 0 Å². The lowest BCUT2D eigenvalue weighted by Gasteiger charge is -2.37. The van der Waals surface area contributed by atoms with E-state index in [9.17, 15) is 5.11 Å². The summed E-state index contributed by atoms with van der Waals surface area (Å²) < 4.78 is 6.41. The van der Waals surface area contributed by atoms with Gasteiger partial charge >= 0.3 is 0 Å². The van der Waals surface area contributed by atoms with Crippen molar-refractivity contribution < 1.29 is 9.84 Å². The van der Waals surface area contributed by atoms with E-state index >= 15 is 0 Å². The fraction of sp³-hybridized carbons (Fsp3) is 0.458. The molecule has 0 spiro atoms. The molecule has 0 bridgehead atoms. The summed E-state index contributed by atoms with van der Waals surface area (Å²) in [4.78, 5) is 18.4. The summed E-state index contributed by atoms with van der Waals surface area (Å²) in [6, 6.07) is 12.5. The number of aromatic nitrogens is 3. The van der Waals surface area contributed by atoms with Gasteiger partial charge in [0.1, 0.15) is 11.9 Å². The van der Waals surface area contributed by atoms with Gasteiger partial charge in [-0.05, 0) is 50.3 Å². The molecule has 2 fully saturated rings. The van der Waals surface area contributed by atoms with Crippen LogP contribution in [0.1, 0.15) is 32.1 Å². The van der Waals surface area contributed by atoms with Gasteiger partial charge < -0.3 is 19.6 Å². The van der Waals surface area contributed by atoms with Crippen molar-refractivity contribution in [3.63, 3.8) is 0 Å². The van der Waals surface area contributed by atoms with E-state index in [4.69, 9.17) is 9.72 Å². The number of ether oxygens (including phenoxy) is 1. The maximum atomic E-state index is 9.83. The number of fused-ring (bicyclic) bond motifs is 1. The molecule has 7 heteroatoms. The molecule has 1 aromatic carbocycles. The third-order valence-corrected chi connectivity index (χ3v) is 6.32. The van der Waals surface area contributed by atoms with E-state index in [1.807, 2.05) is 12.1 Å². The Kier molecular flexibility index (Phi) is 5.84. The molecule has 0 aliphatic carbocycles. The van der Waals surface area contributed by atoms with Crippen LogP contribution in [0.5, 0.6) is 5.88 Å². The molecule has 3 aromatic rings. The number of pyridine rings is 1. The van der Waals surface area contributed by atoms with Crippen molar-refractivity contribution in [2.45, 2.75) is 44.2 Å². The fourth-order valence-electron chi connectivity index (χ4n) is 4.70. The molecule has 0 amide bonds. The minimum atomic E-state index is 0.0230. The number of hydrogen-bond acceptors (Lipinski definition) is 7. The topological polar surface area (TPSA) is 74.6 Å². The number of anilines is 2. The lowest BCUT2D eigenvalue weighted by Crippen LogP contribution is -2.44. The first-order valence-electron chi connectivity index (χ1n) is 11.3. The van der Waals surface area contributed by atoms with Gasteiger partial charge in [-0.25, -0.2) is 15.0 Å². The molecule has 2 atom stereocenters. The fourth-order valence-corrected chi connectivity index (χ4v) is 4.70. The minimum absolute atomic E-state index is 0.0230. The average Bonchev–Trinajstić information content (AvgIpc) is 2.84. The monoisotopic (exact) mass is 419 g/mol. The Labute approximate surface area is 182 Å². The highest BCUT2D eigenvalue weighted by Gasteiger charge is 2.29. The van der Waals surface area contributed by atoms with Gasteiger partial charge in [-0.2, -0.15) is 0 Å². The van der Waals surface area contributed by atoms with Crippen LogP contribution in [0.4, 0.5) is 11.6 Å². The van der Waals surface area contributed by atoms with E-state index in [1.165, 1.54) is 0 Å². The average molecular weight is 420 g/mol. The van der Waals surface area contributed by atoms with E-state index < -0.39 is 0 Å². The molecule has 1 unspecified atom stereocenters. The Bertz CT molecular complexity index is 1030. The molecular weight excluding hydrogens is 390 g/mol. The van der Waals surface area contributed by atoms with E-state index in [-0.39, 0.29) is 18.8 Å². The van der Waals surface area contributed by atoms with Crippen LogP contribution in [-0.2, 0) is 0 Å². The first-order chi connectivity index (χ1) is 15.3. The van der Waals surface area contributed by atoms with Crippen molar-refractivity contribution in [2.75, 3.05) is 36.0 Å². The Balaban J connectivity index is 1.33. The molecule has 7 nitrogen and oxygen atoms in total. The van der Waals surface area contributed by atoms with Crippen LogP contribution in [-0.4, -0.2) is 58.4 Å². The van der Waals surface area contributed by atoms with Crippen LogP contribution in [0.25, 0.3) is 10.9 Å². The number of para-hydroxylation sites is 1. The second-order valence-electron chi connectivity index (χ2n) is 8.40. The summed E-state index contributed by atoms with van der Waals surface area (Å²) in [5.74, 6) is 2.31. The smallest absolute Gasteiger partial charge is 0.257 e. The number of hydrogen-bond donors (Lipinski definition) is 1. The zero-order valence-electron chi connectivity index (χ0n) is 17.7. The largest absolute Gasteiger partial charge is 0.470 e. The number of benzene rings is 1. The van der Waals surface area contributed by atoms with Crippen LogP contribution in [0.15, 0.2) is 48.8 Å². The van der Waals surface area contributed by atoms with Gasteiger partial charge in [-0.3, -0.25) is 0 Å². The predicted octanol–water partition coefficient (Wildman–Crippen LogP) is 3.42. The minimum Gasteiger partial charge on any atom is -0.470 e. The molecular formula is C24H29N5O2. The maximum absolute atomic E-state index is 9.83. The summed E-state index contributed by atoms with van der Waals surface area (Å²) in [6.45, 7) is 2.74. The van der Waals surface area contributed by atoms with Gasteiger partial charge in [-0.1, -0.05) is 18.2 Å². The molecule has 5 rings (SSSR count). The van der Waals surface area contributed by atoms with Crippen LogP contribution in [0, 0.1) is 0 Å². The second-order valence-corrected chi connectivity index (χ2v) is 8.40. The molecule has 2 aliphatic heterocycles. The maximum Gasteiger partial charge on any atom is 0.257 e. The number of aliphatic hydroxyl groups excluding tert-OH is 1. The Morgan fingerprint density at radius 1 is 0.968 bits per heavy atom. The Hall–Kier alpha value is -2.93. The van der Waals surface area contributed by atoms with E-state index in [2.05, 4.69) is 44.0 Å². The highest BCUT2D eigenvalue weighted by Crippen LogP contribution is 2.31. The van der Waals surface area contributed by atoms with Crippen molar-refractivity contribution in [1.82, 2.24) is 15.0 Å². The molecule has 1 N–H and O–H groups in total. The van der Waals surface area contributed by atoms with Crippen LogP contribution in [0.2, 0.25) is 0 Å². The summed E-state index contributed by atoms with van der Waals surface area (Å²) in [5.41, 5.74) is 1.01. The lowest BCUT2D eigenvalue weighted by atomic mass is 10.0. The molecule has 162 valence electrons. The number of piperidine rings is 2. The summed E-state index contributed by atoms with van der Waals surface area (Å²) in [5, 5.41) is 11.0. The Morgan fingerprint density at radius 3 is 2.81 bits per heavy atom. The standard InChI is InChI=1S/C24H29N5O2/c30-17-19-7-3-4-15-29(19)23-24(26-13-12-25-23)31-20-8-5-14-28(16-20)22-11-10-18-6-1-2-9-21(18)27-22/h1-2,6,9-13,19-20,30H,3-5,7-8,14-17H2/t19-,20?/m1/s1. The van der Waals surface area contributed by atoms with E-state index in [0.717, 1.165) is 74.3 Å². The zero-order valence-corrected chi connectivity index (χ0v) is 17.7. The quantitative estimate of drug-likeness (QED) is 0.679. The first kappa shape index (κ1) is 20.0. The summed E-state index contributed by atoms with van der Waals surface area (Å²) >= 11 is 0.